The number of likely N-dealkylation sites (N-methyl/N-ethyl adjacent to an activating group) is 1. The maximum Gasteiger partial charge on any atom is 0.260 e. The summed E-state index contributed by atoms with van der Waals surface area (Å²) in [7, 11) is 1.41. The molecule has 0 aliphatic heterocycles. The van der Waals surface area contributed by atoms with Crippen LogP contribution in [0, 0.1) is 0 Å². The lowest BCUT2D eigenvalue weighted by molar-refractivity contribution is -0.144. The molecule has 1 N–H and O–H groups in total. The second-order valence-corrected chi connectivity index (χ2v) is 4.48. The zero-order chi connectivity index (χ0) is 19.1. The Kier molecular flexibility index (Phi) is 14.0. The maximum absolute atomic E-state index is 12.5. The summed E-state index contributed by atoms with van der Waals surface area (Å²) in [5.74, 6) is -1.09. The molecular formula is C18H28N2O4. The van der Waals surface area contributed by atoms with Crippen molar-refractivity contribution < 1.29 is 19.2 Å². The van der Waals surface area contributed by atoms with Crippen LogP contribution >= 0.6 is 0 Å². The molecule has 1 unspecified atom stereocenters. The van der Waals surface area contributed by atoms with E-state index in [1.165, 1.54) is 13.1 Å². The first kappa shape index (κ1) is 23.8. The first-order valence-corrected chi connectivity index (χ1v) is 7.87. The molecule has 0 aliphatic carbocycles. The zero-order valence-corrected chi connectivity index (χ0v) is 15.2. The number of amides is 3. The summed E-state index contributed by atoms with van der Waals surface area (Å²) in [4.78, 5) is 47.1. The first-order valence-electron chi connectivity index (χ1n) is 7.87. The number of carbonyl (C=O) groups excluding carboxylic acids is 4. The van der Waals surface area contributed by atoms with Gasteiger partial charge >= 0.3 is 0 Å². The molecule has 24 heavy (non-hydrogen) atoms. The zero-order valence-electron chi connectivity index (χ0n) is 15.2. The number of rotatable bonds is 9. The minimum atomic E-state index is -1.02. The first-order chi connectivity index (χ1) is 11.5. The molecule has 6 nitrogen and oxygen atoms in total. The fourth-order valence-electron chi connectivity index (χ4n) is 1.98. The molecule has 0 aromatic heterocycles. The lowest BCUT2D eigenvalue weighted by Gasteiger charge is -2.26. The van der Waals surface area contributed by atoms with E-state index < -0.39 is 17.9 Å². The van der Waals surface area contributed by atoms with Gasteiger partial charge < -0.3 is 10.1 Å². The van der Waals surface area contributed by atoms with E-state index in [2.05, 4.69) is 11.9 Å². The van der Waals surface area contributed by atoms with Gasteiger partial charge in [-0.25, -0.2) is 0 Å². The summed E-state index contributed by atoms with van der Waals surface area (Å²) < 4.78 is 0. The van der Waals surface area contributed by atoms with Gasteiger partial charge in [0.1, 0.15) is 12.3 Å². The number of carbonyl (C=O) groups is 4. The minimum absolute atomic E-state index is 0.0718. The van der Waals surface area contributed by atoms with E-state index in [0.717, 1.165) is 4.90 Å². The standard InChI is InChI=1S/C16H22N2O4.C2H6/c1-5-8-12(3)13(6-2)16(22)18(11-20)14(9-7-10-19)15(21)17-4;1-2/h5-6,8,10-11,14H,1,7,9H2,2-4H3,(H,17,21);1-2H3/b12-8-,13-6+;. The molecule has 6 heteroatoms. The number of aldehydes is 1. The predicted molar refractivity (Wildman–Crippen MR) is 95.1 cm³/mol. The Morgan fingerprint density at radius 1 is 1.25 bits per heavy atom. The van der Waals surface area contributed by atoms with E-state index in [9.17, 15) is 19.2 Å². The van der Waals surface area contributed by atoms with Crippen LogP contribution in [-0.2, 0) is 19.2 Å². The summed E-state index contributed by atoms with van der Waals surface area (Å²) in [6.45, 7) is 10.9. The second kappa shape index (κ2) is 14.1. The van der Waals surface area contributed by atoms with Gasteiger partial charge in [0.15, 0.2) is 0 Å². The normalized spacial score (nSPS) is 12.2. The average molecular weight is 336 g/mol. The Morgan fingerprint density at radius 2 is 1.83 bits per heavy atom. The summed E-state index contributed by atoms with van der Waals surface area (Å²) >= 11 is 0. The van der Waals surface area contributed by atoms with Gasteiger partial charge in [0.05, 0.1) is 0 Å². The second-order valence-electron chi connectivity index (χ2n) is 4.48. The highest BCUT2D eigenvalue weighted by molar-refractivity contribution is 6.05. The number of hydrogen-bond donors (Lipinski definition) is 1. The molecule has 0 aromatic carbocycles. The van der Waals surface area contributed by atoms with Crippen LogP contribution < -0.4 is 5.32 Å². The Morgan fingerprint density at radius 3 is 2.21 bits per heavy atom. The fourth-order valence-corrected chi connectivity index (χ4v) is 1.98. The molecule has 0 heterocycles. The lowest BCUT2D eigenvalue weighted by atomic mass is 10.0. The molecule has 0 fully saturated rings. The van der Waals surface area contributed by atoms with Gasteiger partial charge in [-0.3, -0.25) is 19.3 Å². The number of allylic oxidation sites excluding steroid dienone is 3. The van der Waals surface area contributed by atoms with E-state index in [1.54, 1.807) is 26.0 Å². The van der Waals surface area contributed by atoms with Gasteiger partial charge in [-0.1, -0.05) is 38.7 Å². The van der Waals surface area contributed by atoms with E-state index in [1.807, 2.05) is 13.8 Å². The third-order valence-corrected chi connectivity index (χ3v) is 3.10. The van der Waals surface area contributed by atoms with Crippen LogP contribution in [0.15, 0.2) is 36.0 Å². The molecule has 0 saturated carbocycles. The van der Waals surface area contributed by atoms with Crippen LogP contribution in [0.2, 0.25) is 0 Å². The number of nitrogens with zero attached hydrogens (tertiary/aromatic N) is 1. The van der Waals surface area contributed by atoms with Crippen LogP contribution in [0.3, 0.4) is 0 Å². The predicted octanol–water partition coefficient (Wildman–Crippen LogP) is 2.17. The highest BCUT2D eigenvalue weighted by Crippen LogP contribution is 2.16. The summed E-state index contributed by atoms with van der Waals surface area (Å²) in [5.41, 5.74) is 0.924. The van der Waals surface area contributed by atoms with E-state index in [-0.39, 0.29) is 12.8 Å². The molecule has 1 atom stereocenters. The molecule has 0 rings (SSSR count). The third-order valence-electron chi connectivity index (χ3n) is 3.10. The molecule has 134 valence electrons. The van der Waals surface area contributed by atoms with Crippen LogP contribution in [0.5, 0.6) is 0 Å². The highest BCUT2D eigenvalue weighted by Gasteiger charge is 2.30. The van der Waals surface area contributed by atoms with Gasteiger partial charge in [0, 0.05) is 19.0 Å². The number of hydrogen-bond acceptors (Lipinski definition) is 4. The van der Waals surface area contributed by atoms with Crippen molar-refractivity contribution in [2.75, 3.05) is 7.05 Å². The largest absolute Gasteiger partial charge is 0.357 e. The van der Waals surface area contributed by atoms with E-state index in [4.69, 9.17) is 0 Å². The van der Waals surface area contributed by atoms with Crippen molar-refractivity contribution in [2.24, 2.45) is 0 Å². The molecule has 0 bridgehead atoms. The van der Waals surface area contributed by atoms with Crippen LogP contribution in [-0.4, -0.2) is 42.5 Å². The van der Waals surface area contributed by atoms with Crippen LogP contribution in [0.4, 0.5) is 0 Å². The van der Waals surface area contributed by atoms with Gasteiger partial charge in [0.2, 0.25) is 12.3 Å². The summed E-state index contributed by atoms with van der Waals surface area (Å²) in [6.07, 6.45) is 5.84. The summed E-state index contributed by atoms with van der Waals surface area (Å²) in [5, 5.41) is 2.40. The SMILES string of the molecule is C=C/C=C(C)\C(=C/C)C(=O)N(C=O)C(CCC=O)C(=O)NC.CC. The number of imide groups is 1. The van der Waals surface area contributed by atoms with E-state index in [0.29, 0.717) is 23.8 Å². The van der Waals surface area contributed by atoms with Crippen molar-refractivity contribution in [3.05, 3.63) is 36.0 Å². The molecular weight excluding hydrogens is 308 g/mol. The van der Waals surface area contributed by atoms with Gasteiger partial charge in [-0.05, 0) is 25.8 Å². The molecule has 3 amide bonds. The van der Waals surface area contributed by atoms with Gasteiger partial charge in [-0.15, -0.1) is 0 Å². The topological polar surface area (TPSA) is 83.6 Å². The van der Waals surface area contributed by atoms with Gasteiger partial charge in [-0.2, -0.15) is 0 Å². The van der Waals surface area contributed by atoms with Crippen LogP contribution in [0.25, 0.3) is 0 Å². The number of nitrogens with one attached hydrogen (secondary N) is 1. The Balaban J connectivity index is 0. The Hall–Kier alpha value is -2.50. The average Bonchev–Trinajstić information content (AvgIpc) is 2.60. The molecule has 0 spiro atoms. The van der Waals surface area contributed by atoms with Crippen molar-refractivity contribution in [3.8, 4) is 0 Å². The maximum atomic E-state index is 12.5. The van der Waals surface area contributed by atoms with Gasteiger partial charge in [0.25, 0.3) is 5.91 Å². The fraction of sp³-hybridized carbons (Fsp3) is 0.444. The van der Waals surface area contributed by atoms with Crippen molar-refractivity contribution in [3.63, 3.8) is 0 Å². The lowest BCUT2D eigenvalue weighted by Crippen LogP contribution is -2.48. The Labute approximate surface area is 144 Å². The molecule has 0 aliphatic rings. The summed E-state index contributed by atoms with van der Waals surface area (Å²) in [6, 6.07) is -1.02. The highest BCUT2D eigenvalue weighted by atomic mass is 16.2. The van der Waals surface area contributed by atoms with Crippen molar-refractivity contribution in [1.29, 1.82) is 0 Å². The van der Waals surface area contributed by atoms with Crippen molar-refractivity contribution in [1.82, 2.24) is 10.2 Å². The monoisotopic (exact) mass is 336 g/mol. The molecule has 0 radical (unpaired) electrons. The Bertz CT molecular complexity index is 507. The smallest absolute Gasteiger partial charge is 0.260 e. The molecule has 0 saturated heterocycles. The quantitative estimate of drug-likeness (QED) is 0.397. The molecule has 0 aromatic rings. The van der Waals surface area contributed by atoms with Crippen molar-refractivity contribution in [2.45, 2.75) is 46.6 Å². The third kappa shape index (κ3) is 7.17. The minimum Gasteiger partial charge on any atom is -0.357 e. The van der Waals surface area contributed by atoms with Crippen LogP contribution in [0.1, 0.15) is 40.5 Å². The van der Waals surface area contributed by atoms with E-state index >= 15 is 0 Å². The van der Waals surface area contributed by atoms with Crippen molar-refractivity contribution >= 4 is 24.5 Å².